The highest BCUT2D eigenvalue weighted by molar-refractivity contribution is 5.71. The molecule has 0 rings (SSSR count). The topological polar surface area (TPSA) is 78.9 Å². The lowest BCUT2D eigenvalue weighted by molar-refractivity contribution is -0.167. The van der Waals surface area contributed by atoms with E-state index >= 15 is 0 Å². The van der Waals surface area contributed by atoms with Crippen LogP contribution >= 0.6 is 0 Å². The number of esters is 3. The highest BCUT2D eigenvalue weighted by Crippen LogP contribution is 2.17. The first-order valence-corrected chi connectivity index (χ1v) is 27.0. The standard InChI is InChI=1S/C56H102O6/c1-4-7-10-13-16-19-22-24-26-27-28-30-31-34-37-40-43-46-49-55(58)61-52-53(51-60-54(57)48-45-42-39-36-33-21-18-15-12-9-6-3)62-56(59)50-47-44-41-38-35-32-29-25-23-20-17-14-11-8-5-2/h9,12,18,21,36,39,53H,4-8,10-11,13-17,19-20,22-35,37-38,40-52H2,1-3H3/b12-9-,21-18-,39-36-. The summed E-state index contributed by atoms with van der Waals surface area (Å²) in [6.07, 6.45) is 60.0. The van der Waals surface area contributed by atoms with Crippen molar-refractivity contribution in [1.29, 1.82) is 0 Å². The van der Waals surface area contributed by atoms with Gasteiger partial charge in [0.2, 0.25) is 0 Å². The van der Waals surface area contributed by atoms with Crippen LogP contribution in [0.25, 0.3) is 0 Å². The maximum atomic E-state index is 12.8. The molecule has 0 fully saturated rings. The van der Waals surface area contributed by atoms with E-state index in [4.69, 9.17) is 14.2 Å². The van der Waals surface area contributed by atoms with Crippen LogP contribution in [0, 0.1) is 0 Å². The second-order valence-corrected chi connectivity index (χ2v) is 18.1. The SMILES string of the molecule is CC/C=C\C/C=C\C/C=C\CCCC(=O)OCC(COC(=O)CCCCCCCCCCCCCCCCCCCC)OC(=O)CCCCCCCCCCCCCCCCC. The summed E-state index contributed by atoms with van der Waals surface area (Å²) < 4.78 is 16.8. The Bertz CT molecular complexity index is 1050. The minimum atomic E-state index is -0.786. The predicted molar refractivity (Wildman–Crippen MR) is 266 cm³/mol. The van der Waals surface area contributed by atoms with Gasteiger partial charge >= 0.3 is 17.9 Å². The summed E-state index contributed by atoms with van der Waals surface area (Å²) in [4.78, 5) is 38.0. The van der Waals surface area contributed by atoms with Gasteiger partial charge in [0.15, 0.2) is 6.10 Å². The largest absolute Gasteiger partial charge is 0.462 e. The molecule has 0 aromatic rings. The molecular weight excluding hydrogens is 769 g/mol. The van der Waals surface area contributed by atoms with Crippen molar-refractivity contribution in [2.45, 2.75) is 290 Å². The van der Waals surface area contributed by atoms with Gasteiger partial charge < -0.3 is 14.2 Å². The Labute approximate surface area is 385 Å². The van der Waals surface area contributed by atoms with Gasteiger partial charge in [-0.05, 0) is 44.9 Å². The minimum absolute atomic E-state index is 0.0831. The number of ether oxygens (including phenoxy) is 3. The average Bonchev–Trinajstić information content (AvgIpc) is 3.27. The van der Waals surface area contributed by atoms with E-state index in [2.05, 4.69) is 57.2 Å². The van der Waals surface area contributed by atoms with Crippen molar-refractivity contribution in [2.24, 2.45) is 0 Å². The third-order valence-corrected chi connectivity index (χ3v) is 11.9. The summed E-state index contributed by atoms with van der Waals surface area (Å²) in [5.41, 5.74) is 0. The van der Waals surface area contributed by atoms with Crippen molar-refractivity contribution < 1.29 is 28.6 Å². The minimum Gasteiger partial charge on any atom is -0.462 e. The van der Waals surface area contributed by atoms with Gasteiger partial charge in [0, 0.05) is 19.3 Å². The van der Waals surface area contributed by atoms with Crippen molar-refractivity contribution in [3.8, 4) is 0 Å². The molecule has 0 spiro atoms. The van der Waals surface area contributed by atoms with E-state index in [0.717, 1.165) is 64.2 Å². The number of hydrogen-bond acceptors (Lipinski definition) is 6. The summed E-state index contributed by atoms with van der Waals surface area (Å²) >= 11 is 0. The van der Waals surface area contributed by atoms with Crippen LogP contribution in [0.1, 0.15) is 284 Å². The molecule has 1 unspecified atom stereocenters. The van der Waals surface area contributed by atoms with Crippen LogP contribution < -0.4 is 0 Å². The molecule has 1 atom stereocenters. The second kappa shape index (κ2) is 51.3. The van der Waals surface area contributed by atoms with E-state index in [1.54, 1.807) is 0 Å². The van der Waals surface area contributed by atoms with Gasteiger partial charge in [0.25, 0.3) is 0 Å². The molecule has 0 radical (unpaired) electrons. The molecule has 0 aliphatic carbocycles. The van der Waals surface area contributed by atoms with Crippen molar-refractivity contribution in [2.75, 3.05) is 13.2 Å². The fourth-order valence-corrected chi connectivity index (χ4v) is 7.88. The third kappa shape index (κ3) is 48.7. The Morgan fingerprint density at radius 2 is 0.629 bits per heavy atom. The Kier molecular flexibility index (Phi) is 49.3. The molecule has 0 amide bonds. The second-order valence-electron chi connectivity index (χ2n) is 18.1. The number of unbranched alkanes of at least 4 members (excludes halogenated alkanes) is 32. The smallest absolute Gasteiger partial charge is 0.306 e. The maximum absolute atomic E-state index is 12.8. The van der Waals surface area contributed by atoms with Crippen LogP contribution in [0.5, 0.6) is 0 Å². The normalized spacial score (nSPS) is 12.2. The molecule has 0 N–H and O–H groups in total. The molecule has 6 heteroatoms. The fourth-order valence-electron chi connectivity index (χ4n) is 7.88. The van der Waals surface area contributed by atoms with Gasteiger partial charge in [0.05, 0.1) is 0 Å². The Hall–Kier alpha value is -2.37. The molecule has 0 aliphatic rings. The lowest BCUT2D eigenvalue weighted by atomic mass is 10.0. The molecule has 362 valence electrons. The van der Waals surface area contributed by atoms with Crippen LogP contribution in [-0.2, 0) is 28.6 Å². The van der Waals surface area contributed by atoms with Crippen molar-refractivity contribution in [3.63, 3.8) is 0 Å². The molecule has 0 aliphatic heterocycles. The molecule has 0 aromatic carbocycles. The Morgan fingerprint density at radius 3 is 0.984 bits per heavy atom. The van der Waals surface area contributed by atoms with Crippen molar-refractivity contribution >= 4 is 17.9 Å². The molecule has 0 bridgehead atoms. The van der Waals surface area contributed by atoms with Gasteiger partial charge in [-0.15, -0.1) is 0 Å². The first kappa shape index (κ1) is 59.6. The zero-order valence-corrected chi connectivity index (χ0v) is 41.4. The van der Waals surface area contributed by atoms with Crippen LogP contribution in [0.3, 0.4) is 0 Å². The zero-order chi connectivity index (χ0) is 45.1. The van der Waals surface area contributed by atoms with Crippen molar-refractivity contribution in [1.82, 2.24) is 0 Å². The Morgan fingerprint density at radius 1 is 0.339 bits per heavy atom. The Balaban J connectivity index is 4.32. The van der Waals surface area contributed by atoms with Crippen LogP contribution in [0.2, 0.25) is 0 Å². The lowest BCUT2D eigenvalue weighted by Gasteiger charge is -2.18. The monoisotopic (exact) mass is 871 g/mol. The van der Waals surface area contributed by atoms with E-state index in [1.807, 2.05) is 0 Å². The highest BCUT2D eigenvalue weighted by atomic mass is 16.6. The van der Waals surface area contributed by atoms with Gasteiger partial charge in [-0.25, -0.2) is 0 Å². The maximum Gasteiger partial charge on any atom is 0.306 e. The highest BCUT2D eigenvalue weighted by Gasteiger charge is 2.19. The molecule has 0 saturated carbocycles. The van der Waals surface area contributed by atoms with Gasteiger partial charge in [0.1, 0.15) is 13.2 Å². The third-order valence-electron chi connectivity index (χ3n) is 11.9. The predicted octanol–water partition coefficient (Wildman–Crippen LogP) is 17.7. The number of carbonyl (C=O) groups is 3. The quantitative estimate of drug-likeness (QED) is 0.0262. The summed E-state index contributed by atoms with van der Waals surface area (Å²) in [5.74, 6) is -0.925. The van der Waals surface area contributed by atoms with E-state index < -0.39 is 6.10 Å². The van der Waals surface area contributed by atoms with E-state index in [0.29, 0.717) is 25.7 Å². The number of carbonyl (C=O) groups excluding carboxylic acids is 3. The number of hydrogen-bond donors (Lipinski definition) is 0. The average molecular weight is 871 g/mol. The summed E-state index contributed by atoms with van der Waals surface area (Å²) in [6, 6.07) is 0. The molecule has 0 saturated heterocycles. The van der Waals surface area contributed by atoms with E-state index in [9.17, 15) is 14.4 Å². The fraction of sp³-hybridized carbons (Fsp3) is 0.839. The first-order chi connectivity index (χ1) is 30.5. The van der Waals surface area contributed by atoms with Crippen LogP contribution in [0.4, 0.5) is 0 Å². The lowest BCUT2D eigenvalue weighted by Crippen LogP contribution is -2.30. The summed E-state index contributed by atoms with van der Waals surface area (Å²) in [5, 5.41) is 0. The van der Waals surface area contributed by atoms with Crippen LogP contribution in [0.15, 0.2) is 36.5 Å². The molecule has 62 heavy (non-hydrogen) atoms. The van der Waals surface area contributed by atoms with Crippen LogP contribution in [-0.4, -0.2) is 37.2 Å². The number of rotatable bonds is 49. The molecule has 0 aromatic heterocycles. The number of allylic oxidation sites excluding steroid dienone is 6. The molecule has 6 nitrogen and oxygen atoms in total. The van der Waals surface area contributed by atoms with Gasteiger partial charge in [-0.2, -0.15) is 0 Å². The van der Waals surface area contributed by atoms with Gasteiger partial charge in [-0.3, -0.25) is 14.4 Å². The summed E-state index contributed by atoms with van der Waals surface area (Å²) in [6.45, 7) is 6.51. The van der Waals surface area contributed by atoms with Crippen molar-refractivity contribution in [3.05, 3.63) is 36.5 Å². The van der Waals surface area contributed by atoms with Gasteiger partial charge in [-0.1, -0.05) is 256 Å². The van der Waals surface area contributed by atoms with E-state index in [-0.39, 0.29) is 31.1 Å². The zero-order valence-electron chi connectivity index (χ0n) is 41.4. The first-order valence-electron chi connectivity index (χ1n) is 27.0. The molecule has 0 heterocycles. The summed E-state index contributed by atoms with van der Waals surface area (Å²) in [7, 11) is 0. The molecular formula is C56H102O6. The van der Waals surface area contributed by atoms with E-state index in [1.165, 1.54) is 173 Å².